The van der Waals surface area contributed by atoms with Gasteiger partial charge in [0.15, 0.2) is 0 Å². The molecule has 7 heteroatoms. The van der Waals surface area contributed by atoms with Crippen molar-refractivity contribution in [2.45, 2.75) is 13.0 Å². The molecule has 1 aromatic carbocycles. The van der Waals surface area contributed by atoms with E-state index >= 15 is 0 Å². The highest BCUT2D eigenvalue weighted by Gasteiger charge is 2.12. The summed E-state index contributed by atoms with van der Waals surface area (Å²) in [5.41, 5.74) is 0.754. The fourth-order valence-electron chi connectivity index (χ4n) is 2.39. The number of benzene rings is 1. The average Bonchev–Trinajstić information content (AvgIpc) is 3.11. The van der Waals surface area contributed by atoms with Crippen molar-refractivity contribution in [1.29, 1.82) is 0 Å². The Kier molecular flexibility index (Phi) is 3.78. The Labute approximate surface area is 126 Å². The molecule has 114 valence electrons. The van der Waals surface area contributed by atoms with Gasteiger partial charge in [0.25, 0.3) is 0 Å². The molecule has 2 heterocycles. The summed E-state index contributed by atoms with van der Waals surface area (Å²) < 4.78 is 2.12. The van der Waals surface area contributed by atoms with E-state index in [0.717, 1.165) is 5.52 Å². The summed E-state index contributed by atoms with van der Waals surface area (Å²) in [6.07, 6.45) is 2.11. The molecular weight excluding hydrogens is 282 g/mol. The molecule has 7 nitrogen and oxygen atoms in total. The SMILES string of the molecule is CN(CCn1ccc2ccccc21)C(=O)Cc1n[nH]c(=O)[nH]1. The fourth-order valence-corrected chi connectivity index (χ4v) is 2.39. The van der Waals surface area contributed by atoms with Crippen LogP contribution in [0.1, 0.15) is 5.82 Å². The Morgan fingerprint density at radius 1 is 1.32 bits per heavy atom. The predicted molar refractivity (Wildman–Crippen MR) is 82.5 cm³/mol. The van der Waals surface area contributed by atoms with Crippen LogP contribution in [-0.2, 0) is 17.8 Å². The summed E-state index contributed by atoms with van der Waals surface area (Å²) in [5, 5.41) is 7.18. The number of carbonyl (C=O) groups excluding carboxylic acids is 1. The first-order chi connectivity index (χ1) is 10.6. The molecule has 0 spiro atoms. The largest absolute Gasteiger partial charge is 0.346 e. The van der Waals surface area contributed by atoms with Gasteiger partial charge >= 0.3 is 5.69 Å². The van der Waals surface area contributed by atoms with Gasteiger partial charge in [-0.15, -0.1) is 0 Å². The molecule has 1 amide bonds. The number of nitrogens with zero attached hydrogens (tertiary/aromatic N) is 3. The normalized spacial score (nSPS) is 11.0. The number of aromatic nitrogens is 4. The topological polar surface area (TPSA) is 86.8 Å². The molecule has 0 saturated carbocycles. The number of carbonyl (C=O) groups is 1. The zero-order chi connectivity index (χ0) is 15.5. The van der Waals surface area contributed by atoms with Crippen molar-refractivity contribution in [2.24, 2.45) is 0 Å². The van der Waals surface area contributed by atoms with Crippen LogP contribution in [0.2, 0.25) is 0 Å². The highest BCUT2D eigenvalue weighted by molar-refractivity contribution is 5.80. The van der Waals surface area contributed by atoms with Gasteiger partial charge in [-0.3, -0.25) is 9.78 Å². The second-order valence-corrected chi connectivity index (χ2v) is 5.18. The first-order valence-electron chi connectivity index (χ1n) is 7.05. The van der Waals surface area contributed by atoms with E-state index in [-0.39, 0.29) is 12.3 Å². The third-order valence-corrected chi connectivity index (χ3v) is 3.65. The highest BCUT2D eigenvalue weighted by Crippen LogP contribution is 2.14. The van der Waals surface area contributed by atoms with Crippen molar-refractivity contribution >= 4 is 16.8 Å². The minimum Gasteiger partial charge on any atom is -0.346 e. The van der Waals surface area contributed by atoms with Crippen LogP contribution in [0.25, 0.3) is 10.9 Å². The van der Waals surface area contributed by atoms with Crippen LogP contribution in [0.5, 0.6) is 0 Å². The van der Waals surface area contributed by atoms with E-state index in [2.05, 4.69) is 37.9 Å². The van der Waals surface area contributed by atoms with Crippen molar-refractivity contribution < 1.29 is 4.79 Å². The molecule has 0 atom stereocenters. The number of aromatic amines is 2. The van der Waals surface area contributed by atoms with Crippen LogP contribution in [0.3, 0.4) is 0 Å². The molecule has 3 rings (SSSR count). The monoisotopic (exact) mass is 299 g/mol. The summed E-state index contributed by atoms with van der Waals surface area (Å²) in [4.78, 5) is 27.2. The molecule has 0 aliphatic rings. The summed E-state index contributed by atoms with van der Waals surface area (Å²) in [6.45, 7) is 1.30. The van der Waals surface area contributed by atoms with Gasteiger partial charge < -0.3 is 9.47 Å². The van der Waals surface area contributed by atoms with Crippen LogP contribution in [-0.4, -0.2) is 44.1 Å². The molecule has 2 aromatic heterocycles. The maximum atomic E-state index is 12.1. The number of H-pyrrole nitrogens is 2. The van der Waals surface area contributed by atoms with Gasteiger partial charge in [0, 0.05) is 31.9 Å². The van der Waals surface area contributed by atoms with E-state index in [1.54, 1.807) is 11.9 Å². The first-order valence-corrected chi connectivity index (χ1v) is 7.05. The molecule has 0 bridgehead atoms. The lowest BCUT2D eigenvalue weighted by atomic mass is 10.2. The number of hydrogen-bond donors (Lipinski definition) is 2. The van der Waals surface area contributed by atoms with Crippen molar-refractivity contribution in [3.63, 3.8) is 0 Å². The number of hydrogen-bond acceptors (Lipinski definition) is 3. The standard InChI is InChI=1S/C15H17N5O2/c1-19(14(21)10-13-16-15(22)18-17-13)8-9-20-7-6-11-4-2-3-5-12(11)20/h2-7H,8-10H2,1H3,(H2,16,17,18,22). The van der Waals surface area contributed by atoms with Crippen molar-refractivity contribution in [1.82, 2.24) is 24.6 Å². The number of amides is 1. The van der Waals surface area contributed by atoms with Crippen LogP contribution in [0, 0.1) is 0 Å². The Morgan fingerprint density at radius 2 is 2.14 bits per heavy atom. The summed E-state index contributed by atoms with van der Waals surface area (Å²) in [7, 11) is 1.75. The zero-order valence-corrected chi connectivity index (χ0v) is 12.2. The number of para-hydroxylation sites is 1. The lowest BCUT2D eigenvalue weighted by molar-refractivity contribution is -0.129. The van der Waals surface area contributed by atoms with Crippen molar-refractivity contribution in [3.8, 4) is 0 Å². The van der Waals surface area contributed by atoms with Gasteiger partial charge in [0.2, 0.25) is 5.91 Å². The van der Waals surface area contributed by atoms with Crippen LogP contribution in [0.4, 0.5) is 0 Å². The second-order valence-electron chi connectivity index (χ2n) is 5.18. The number of likely N-dealkylation sites (N-methyl/N-ethyl adjacent to an activating group) is 1. The van der Waals surface area contributed by atoms with E-state index in [0.29, 0.717) is 18.9 Å². The molecule has 3 aromatic rings. The van der Waals surface area contributed by atoms with Gasteiger partial charge in [-0.25, -0.2) is 9.89 Å². The summed E-state index contributed by atoms with van der Waals surface area (Å²) in [5.74, 6) is 0.271. The minimum absolute atomic E-state index is 0.0841. The van der Waals surface area contributed by atoms with E-state index in [1.807, 2.05) is 18.3 Å². The van der Waals surface area contributed by atoms with Gasteiger partial charge in [0.1, 0.15) is 5.82 Å². The van der Waals surface area contributed by atoms with E-state index in [9.17, 15) is 9.59 Å². The van der Waals surface area contributed by atoms with Crippen molar-refractivity contribution in [2.75, 3.05) is 13.6 Å². The molecule has 2 N–H and O–H groups in total. The molecule has 0 aliphatic heterocycles. The number of nitrogens with one attached hydrogen (secondary N) is 2. The Hall–Kier alpha value is -2.83. The van der Waals surface area contributed by atoms with E-state index in [1.165, 1.54) is 5.39 Å². The second kappa shape index (κ2) is 5.88. The smallest absolute Gasteiger partial charge is 0.340 e. The molecule has 0 saturated heterocycles. The molecule has 0 radical (unpaired) electrons. The summed E-state index contributed by atoms with van der Waals surface area (Å²) >= 11 is 0. The Morgan fingerprint density at radius 3 is 2.91 bits per heavy atom. The number of fused-ring (bicyclic) bond motifs is 1. The van der Waals surface area contributed by atoms with Crippen LogP contribution >= 0.6 is 0 Å². The lowest BCUT2D eigenvalue weighted by Crippen LogP contribution is -2.31. The maximum absolute atomic E-state index is 12.1. The van der Waals surface area contributed by atoms with E-state index < -0.39 is 5.69 Å². The minimum atomic E-state index is -0.399. The van der Waals surface area contributed by atoms with Crippen LogP contribution < -0.4 is 5.69 Å². The number of rotatable bonds is 5. The van der Waals surface area contributed by atoms with Crippen LogP contribution in [0.15, 0.2) is 41.3 Å². The third-order valence-electron chi connectivity index (χ3n) is 3.65. The molecule has 0 fully saturated rings. The molecular formula is C15H17N5O2. The zero-order valence-electron chi connectivity index (χ0n) is 12.2. The molecule has 0 unspecified atom stereocenters. The van der Waals surface area contributed by atoms with Gasteiger partial charge in [-0.1, -0.05) is 18.2 Å². The quantitative estimate of drug-likeness (QED) is 0.729. The highest BCUT2D eigenvalue weighted by atomic mass is 16.2. The lowest BCUT2D eigenvalue weighted by Gasteiger charge is -2.17. The van der Waals surface area contributed by atoms with E-state index in [4.69, 9.17) is 0 Å². The molecule has 0 aliphatic carbocycles. The third kappa shape index (κ3) is 2.93. The fraction of sp³-hybridized carbons (Fsp3) is 0.267. The molecule has 22 heavy (non-hydrogen) atoms. The Balaban J connectivity index is 1.60. The average molecular weight is 299 g/mol. The van der Waals surface area contributed by atoms with Gasteiger partial charge in [-0.05, 0) is 17.5 Å². The summed E-state index contributed by atoms with van der Waals surface area (Å²) in [6, 6.07) is 10.2. The van der Waals surface area contributed by atoms with Crippen molar-refractivity contribution in [3.05, 3.63) is 52.8 Å². The Bertz CT molecular complexity index is 845. The van der Waals surface area contributed by atoms with Gasteiger partial charge in [0.05, 0.1) is 6.42 Å². The van der Waals surface area contributed by atoms with Gasteiger partial charge in [-0.2, -0.15) is 5.10 Å². The predicted octanol–water partition coefficient (Wildman–Crippen LogP) is 0.754. The maximum Gasteiger partial charge on any atom is 0.340 e. The first kappa shape index (κ1) is 14.1.